The molecular formula is C17H18BrNOS. The van der Waals surface area contributed by atoms with Gasteiger partial charge in [-0.2, -0.15) is 0 Å². The lowest BCUT2D eigenvalue weighted by atomic mass is 10.1. The molecule has 0 radical (unpaired) electrons. The van der Waals surface area contributed by atoms with E-state index in [0.717, 1.165) is 10.9 Å². The van der Waals surface area contributed by atoms with Gasteiger partial charge >= 0.3 is 0 Å². The van der Waals surface area contributed by atoms with E-state index < -0.39 is 0 Å². The van der Waals surface area contributed by atoms with Crippen molar-refractivity contribution >= 4 is 33.2 Å². The molecule has 110 valence electrons. The lowest BCUT2D eigenvalue weighted by Crippen LogP contribution is -2.30. The van der Waals surface area contributed by atoms with Gasteiger partial charge in [0.05, 0.1) is 6.54 Å². The van der Waals surface area contributed by atoms with Crippen LogP contribution in [-0.4, -0.2) is 17.4 Å². The first kappa shape index (κ1) is 16.0. The molecular weight excluding hydrogens is 346 g/mol. The van der Waals surface area contributed by atoms with Gasteiger partial charge in [-0.3, -0.25) is 4.79 Å². The van der Waals surface area contributed by atoms with E-state index in [-0.39, 0.29) is 5.91 Å². The predicted molar refractivity (Wildman–Crippen MR) is 92.4 cm³/mol. The van der Waals surface area contributed by atoms with Crippen molar-refractivity contribution in [3.63, 3.8) is 0 Å². The summed E-state index contributed by atoms with van der Waals surface area (Å²) in [6.45, 7) is 5.00. The van der Waals surface area contributed by atoms with Crippen LogP contribution in [0.1, 0.15) is 16.9 Å². The molecule has 2 nitrogen and oxygen atoms in total. The molecule has 0 saturated carbocycles. The van der Waals surface area contributed by atoms with Crippen LogP contribution >= 0.6 is 27.3 Å². The van der Waals surface area contributed by atoms with Gasteiger partial charge in [0.1, 0.15) is 0 Å². The van der Waals surface area contributed by atoms with Gasteiger partial charge in [0, 0.05) is 22.3 Å². The number of carbonyl (C=O) groups is 1. The standard InChI is InChI=1S/C17H18BrNOS/c1-2-11-19(13-15-7-5-12-21-15)17(20)10-9-14-6-3-4-8-16(14)18/h2-8,12H,1,9-11,13H2. The van der Waals surface area contributed by atoms with Crippen LogP contribution < -0.4 is 0 Å². The minimum Gasteiger partial charge on any atom is -0.334 e. The minimum absolute atomic E-state index is 0.166. The summed E-state index contributed by atoms with van der Waals surface area (Å²) in [6, 6.07) is 12.1. The van der Waals surface area contributed by atoms with Crippen LogP contribution in [0.4, 0.5) is 0 Å². The Morgan fingerprint density at radius 1 is 1.29 bits per heavy atom. The highest BCUT2D eigenvalue weighted by Gasteiger charge is 2.13. The molecule has 2 rings (SSSR count). The monoisotopic (exact) mass is 363 g/mol. The second kappa shape index (κ2) is 8.15. The fourth-order valence-corrected chi connectivity index (χ4v) is 3.30. The number of thiophene rings is 1. The van der Waals surface area contributed by atoms with E-state index in [4.69, 9.17) is 0 Å². The average Bonchev–Trinajstić information content (AvgIpc) is 2.99. The van der Waals surface area contributed by atoms with E-state index >= 15 is 0 Å². The Morgan fingerprint density at radius 2 is 2.10 bits per heavy atom. The Balaban J connectivity index is 1.95. The van der Waals surface area contributed by atoms with E-state index in [0.29, 0.717) is 19.5 Å². The number of hydrogen-bond donors (Lipinski definition) is 0. The summed E-state index contributed by atoms with van der Waals surface area (Å²) in [5, 5.41) is 2.03. The second-order valence-electron chi connectivity index (χ2n) is 4.73. The Hall–Kier alpha value is -1.39. The molecule has 0 unspecified atom stereocenters. The highest BCUT2D eigenvalue weighted by atomic mass is 79.9. The molecule has 21 heavy (non-hydrogen) atoms. The Kier molecular flexibility index (Phi) is 6.21. The third-order valence-electron chi connectivity index (χ3n) is 3.20. The van der Waals surface area contributed by atoms with Crippen LogP contribution in [0, 0.1) is 0 Å². The molecule has 0 saturated heterocycles. The first-order valence-corrected chi connectivity index (χ1v) is 8.52. The van der Waals surface area contributed by atoms with Gasteiger partial charge in [-0.15, -0.1) is 17.9 Å². The lowest BCUT2D eigenvalue weighted by Gasteiger charge is -2.20. The zero-order chi connectivity index (χ0) is 15.1. The molecule has 2 aromatic rings. The fraction of sp³-hybridized carbons (Fsp3) is 0.235. The predicted octanol–water partition coefficient (Wildman–Crippen LogP) is 4.66. The highest BCUT2D eigenvalue weighted by Crippen LogP contribution is 2.18. The van der Waals surface area contributed by atoms with Crippen molar-refractivity contribution in [3.8, 4) is 0 Å². The van der Waals surface area contributed by atoms with Gasteiger partial charge in [-0.1, -0.05) is 46.3 Å². The van der Waals surface area contributed by atoms with Crippen LogP contribution in [0.25, 0.3) is 0 Å². The normalized spacial score (nSPS) is 10.3. The molecule has 0 aliphatic rings. The number of halogens is 1. The maximum atomic E-state index is 12.4. The zero-order valence-corrected chi connectivity index (χ0v) is 14.2. The van der Waals surface area contributed by atoms with E-state index in [1.54, 1.807) is 17.4 Å². The number of benzene rings is 1. The first-order valence-electron chi connectivity index (χ1n) is 6.85. The zero-order valence-electron chi connectivity index (χ0n) is 11.8. The smallest absolute Gasteiger partial charge is 0.223 e. The molecule has 1 aromatic heterocycles. The Labute approximate surface area is 138 Å². The number of amides is 1. The van der Waals surface area contributed by atoms with Crippen LogP contribution in [0.5, 0.6) is 0 Å². The summed E-state index contributed by atoms with van der Waals surface area (Å²) in [5.41, 5.74) is 1.17. The van der Waals surface area contributed by atoms with Gasteiger partial charge in [0.2, 0.25) is 5.91 Å². The van der Waals surface area contributed by atoms with Crippen molar-refractivity contribution in [1.29, 1.82) is 0 Å². The molecule has 0 atom stereocenters. The number of carbonyl (C=O) groups excluding carboxylic acids is 1. The van der Waals surface area contributed by atoms with Crippen molar-refractivity contribution in [2.45, 2.75) is 19.4 Å². The molecule has 0 aliphatic carbocycles. The largest absolute Gasteiger partial charge is 0.334 e. The first-order chi connectivity index (χ1) is 10.2. The summed E-state index contributed by atoms with van der Waals surface area (Å²) in [7, 11) is 0. The van der Waals surface area contributed by atoms with Crippen molar-refractivity contribution in [2.24, 2.45) is 0 Å². The molecule has 4 heteroatoms. The minimum atomic E-state index is 0.166. The quantitative estimate of drug-likeness (QED) is 0.655. The van der Waals surface area contributed by atoms with E-state index in [2.05, 4.69) is 34.6 Å². The van der Waals surface area contributed by atoms with Crippen molar-refractivity contribution in [2.75, 3.05) is 6.54 Å². The van der Waals surface area contributed by atoms with Crippen LogP contribution in [0.15, 0.2) is 58.9 Å². The maximum Gasteiger partial charge on any atom is 0.223 e. The average molecular weight is 364 g/mol. The van der Waals surface area contributed by atoms with E-state index in [1.165, 1.54) is 10.4 Å². The van der Waals surface area contributed by atoms with Crippen molar-refractivity contribution in [3.05, 3.63) is 69.3 Å². The summed E-state index contributed by atoms with van der Waals surface area (Å²) in [5.74, 6) is 0.166. The third kappa shape index (κ3) is 4.83. The Morgan fingerprint density at radius 3 is 2.76 bits per heavy atom. The summed E-state index contributed by atoms with van der Waals surface area (Å²) in [4.78, 5) is 15.5. The van der Waals surface area contributed by atoms with Gasteiger partial charge < -0.3 is 4.90 Å². The topological polar surface area (TPSA) is 20.3 Å². The molecule has 0 aliphatic heterocycles. The fourth-order valence-electron chi connectivity index (χ4n) is 2.10. The molecule has 0 spiro atoms. The lowest BCUT2D eigenvalue weighted by molar-refractivity contribution is -0.131. The SMILES string of the molecule is C=CCN(Cc1cccs1)C(=O)CCc1ccccc1Br. The van der Waals surface area contributed by atoms with Crippen molar-refractivity contribution < 1.29 is 4.79 Å². The van der Waals surface area contributed by atoms with Crippen LogP contribution in [-0.2, 0) is 17.8 Å². The molecule has 1 heterocycles. The highest BCUT2D eigenvalue weighted by molar-refractivity contribution is 9.10. The van der Waals surface area contributed by atoms with Crippen LogP contribution in [0.3, 0.4) is 0 Å². The number of rotatable bonds is 7. The van der Waals surface area contributed by atoms with Gasteiger partial charge in [-0.25, -0.2) is 0 Å². The van der Waals surface area contributed by atoms with Gasteiger partial charge in [0.25, 0.3) is 0 Å². The number of hydrogen-bond acceptors (Lipinski definition) is 2. The maximum absolute atomic E-state index is 12.4. The van der Waals surface area contributed by atoms with Crippen molar-refractivity contribution in [1.82, 2.24) is 4.90 Å². The van der Waals surface area contributed by atoms with Gasteiger partial charge in [0.15, 0.2) is 0 Å². The summed E-state index contributed by atoms with van der Waals surface area (Å²) >= 11 is 5.20. The molecule has 0 bridgehead atoms. The van der Waals surface area contributed by atoms with E-state index in [1.807, 2.05) is 34.5 Å². The Bertz CT molecular complexity index is 595. The molecule has 1 aromatic carbocycles. The van der Waals surface area contributed by atoms with Gasteiger partial charge in [-0.05, 0) is 29.5 Å². The van der Waals surface area contributed by atoms with E-state index in [9.17, 15) is 4.79 Å². The molecule has 0 fully saturated rings. The summed E-state index contributed by atoms with van der Waals surface area (Å²) in [6.07, 6.45) is 3.05. The number of nitrogens with zero attached hydrogens (tertiary/aromatic N) is 1. The third-order valence-corrected chi connectivity index (χ3v) is 4.83. The summed E-state index contributed by atoms with van der Waals surface area (Å²) < 4.78 is 1.06. The molecule has 0 N–H and O–H groups in total. The van der Waals surface area contributed by atoms with Crippen LogP contribution in [0.2, 0.25) is 0 Å². The number of aryl methyl sites for hydroxylation is 1. The second-order valence-corrected chi connectivity index (χ2v) is 6.62. The molecule has 1 amide bonds.